The maximum atomic E-state index is 13.8. The van der Waals surface area contributed by atoms with Gasteiger partial charge in [0.2, 0.25) is 35.4 Å². The van der Waals surface area contributed by atoms with E-state index in [-0.39, 0.29) is 12.8 Å². The van der Waals surface area contributed by atoms with Crippen molar-refractivity contribution in [1.82, 2.24) is 46.9 Å². The van der Waals surface area contributed by atoms with Crippen molar-refractivity contribution in [2.24, 2.45) is 5.73 Å². The monoisotopic (exact) mass is 856 g/mol. The summed E-state index contributed by atoms with van der Waals surface area (Å²) in [6.07, 6.45) is 0.398. The van der Waals surface area contributed by atoms with Crippen molar-refractivity contribution in [2.75, 3.05) is 0 Å². The van der Waals surface area contributed by atoms with Crippen molar-refractivity contribution in [1.29, 1.82) is 0 Å². The highest BCUT2D eigenvalue weighted by molar-refractivity contribution is 5.98. The van der Waals surface area contributed by atoms with Gasteiger partial charge in [0.25, 0.3) is 0 Å². The molecule has 0 aliphatic rings. The normalized spacial score (nSPS) is 14.4. The molecule has 0 aliphatic carbocycles. The number of nitrogens with two attached hydrogens (primary N) is 1. The van der Waals surface area contributed by atoms with Gasteiger partial charge in [-0.3, -0.25) is 47.9 Å². The summed E-state index contributed by atoms with van der Waals surface area (Å²) in [7, 11) is 0. The van der Waals surface area contributed by atoms with Gasteiger partial charge in [0, 0.05) is 54.7 Å². The topological polar surface area (TPSA) is 394 Å². The molecule has 0 spiro atoms. The van der Waals surface area contributed by atoms with E-state index in [0.717, 1.165) is 0 Å². The first-order chi connectivity index (χ1) is 28.7. The molecule has 61 heavy (non-hydrogen) atoms. The minimum atomic E-state index is -1.97. The molecule has 1 aromatic carbocycles. The van der Waals surface area contributed by atoms with E-state index in [0.29, 0.717) is 22.2 Å². The lowest BCUT2D eigenvalue weighted by molar-refractivity contribution is -0.142. The van der Waals surface area contributed by atoms with Crippen LogP contribution in [0.15, 0.2) is 43.0 Å². The molecule has 3 aromatic rings. The molecule has 6 amide bonds. The first-order valence-corrected chi connectivity index (χ1v) is 18.7. The summed E-state index contributed by atoms with van der Waals surface area (Å²) in [5.74, 6) is -12.1. The molecule has 7 atom stereocenters. The van der Waals surface area contributed by atoms with Crippen molar-refractivity contribution >= 4 is 70.2 Å². The molecule has 3 rings (SSSR count). The highest BCUT2D eigenvalue weighted by atomic mass is 16.4. The highest BCUT2D eigenvalue weighted by Gasteiger charge is 2.34. The van der Waals surface area contributed by atoms with Gasteiger partial charge in [-0.15, -0.1) is 0 Å². The predicted octanol–water partition coefficient (Wildman–Crippen LogP) is -2.76. The second kappa shape index (κ2) is 22.7. The van der Waals surface area contributed by atoms with Gasteiger partial charge >= 0.3 is 23.9 Å². The number of rotatable bonds is 25. The fourth-order valence-corrected chi connectivity index (χ4v) is 5.79. The van der Waals surface area contributed by atoms with Gasteiger partial charge in [0.1, 0.15) is 36.3 Å². The van der Waals surface area contributed by atoms with Gasteiger partial charge < -0.3 is 68.0 Å². The Morgan fingerprint density at radius 1 is 0.623 bits per heavy atom. The Morgan fingerprint density at radius 3 is 1.70 bits per heavy atom. The third kappa shape index (κ3) is 15.4. The van der Waals surface area contributed by atoms with Gasteiger partial charge in [0.05, 0.1) is 18.8 Å². The van der Waals surface area contributed by atoms with Crippen LogP contribution in [0.3, 0.4) is 0 Å². The standard InChI is InChI=1S/C37H48N10O14/c1-17(31(54)43-18(2)37(60)61)42-35(58)26(11-19-14-40-23-6-4-3-5-21(19)23)46-36(59)27(13-30(52)53)47-34(57)25(8-10-29(50)51)45-33(56)24(7-9-28(48)49)44-32(55)22(38)12-20-15-39-16-41-20/h3-6,14-18,22,24-27,40H,7-13,38H2,1-2H3,(H,39,41)(H,42,58)(H,43,54)(H,44,55)(H,45,56)(H,46,59)(H,47,57)(H,48,49)(H,50,51)(H,52,53)(H,60,61)/t17-,18-,22-,24-,25-,26-,27-/m0/s1. The third-order valence-corrected chi connectivity index (χ3v) is 9.12. The van der Waals surface area contributed by atoms with E-state index in [1.807, 2.05) is 0 Å². The van der Waals surface area contributed by atoms with Crippen LogP contribution in [0.2, 0.25) is 0 Å². The number of aliphatic carboxylic acids is 4. The Kier molecular flexibility index (Phi) is 17.9. The van der Waals surface area contributed by atoms with E-state index in [1.54, 1.807) is 30.5 Å². The number of fused-ring (bicyclic) bond motifs is 1. The van der Waals surface area contributed by atoms with Crippen LogP contribution in [0, 0.1) is 0 Å². The molecule has 0 aliphatic heterocycles. The van der Waals surface area contributed by atoms with Crippen LogP contribution in [0.4, 0.5) is 0 Å². The average molecular weight is 857 g/mol. The molecule has 0 saturated carbocycles. The molecule has 330 valence electrons. The number of aromatic nitrogens is 3. The highest BCUT2D eigenvalue weighted by Crippen LogP contribution is 2.19. The van der Waals surface area contributed by atoms with Gasteiger partial charge in [-0.05, 0) is 38.3 Å². The lowest BCUT2D eigenvalue weighted by atomic mass is 10.0. The fourth-order valence-electron chi connectivity index (χ4n) is 5.79. The zero-order valence-corrected chi connectivity index (χ0v) is 32.9. The summed E-state index contributed by atoms with van der Waals surface area (Å²) in [4.78, 5) is 136. The molecule has 24 heteroatoms. The Hall–Kier alpha value is -7.37. The number of H-pyrrole nitrogens is 2. The summed E-state index contributed by atoms with van der Waals surface area (Å²) in [6.45, 7) is 2.44. The summed E-state index contributed by atoms with van der Waals surface area (Å²) in [6, 6.07) is -3.92. The number of aromatic amines is 2. The second-order valence-electron chi connectivity index (χ2n) is 14.0. The summed E-state index contributed by atoms with van der Waals surface area (Å²) in [5, 5.41) is 51.8. The third-order valence-electron chi connectivity index (χ3n) is 9.12. The Bertz CT molecular complexity index is 2090. The fraction of sp³-hybridized carbons (Fsp3) is 0.432. The van der Waals surface area contributed by atoms with Gasteiger partial charge in [0.15, 0.2) is 0 Å². The Morgan fingerprint density at radius 2 is 1.15 bits per heavy atom. The van der Waals surface area contributed by atoms with E-state index < -0.39 is 134 Å². The van der Waals surface area contributed by atoms with Crippen LogP contribution >= 0.6 is 0 Å². The van der Waals surface area contributed by atoms with Gasteiger partial charge in [-0.2, -0.15) is 0 Å². The zero-order valence-electron chi connectivity index (χ0n) is 32.9. The quantitative estimate of drug-likeness (QED) is 0.0410. The summed E-state index contributed by atoms with van der Waals surface area (Å²) < 4.78 is 0. The number of para-hydroxylation sites is 1. The molecule has 0 radical (unpaired) electrons. The van der Waals surface area contributed by atoms with E-state index in [4.69, 9.17) is 10.8 Å². The number of benzene rings is 1. The maximum absolute atomic E-state index is 13.8. The van der Waals surface area contributed by atoms with E-state index >= 15 is 0 Å². The number of carboxylic acids is 4. The van der Waals surface area contributed by atoms with Gasteiger partial charge in [-0.25, -0.2) is 4.98 Å². The van der Waals surface area contributed by atoms with Crippen LogP contribution in [0.25, 0.3) is 10.9 Å². The van der Waals surface area contributed by atoms with Crippen molar-refractivity contribution in [2.45, 2.75) is 101 Å². The Balaban J connectivity index is 1.87. The molecule has 0 bridgehead atoms. The molecule has 14 N–H and O–H groups in total. The van der Waals surface area contributed by atoms with Crippen LogP contribution in [-0.4, -0.2) is 137 Å². The number of carbonyl (C=O) groups excluding carboxylic acids is 6. The number of carbonyl (C=O) groups is 10. The van der Waals surface area contributed by atoms with E-state index in [1.165, 1.54) is 26.4 Å². The van der Waals surface area contributed by atoms with E-state index in [2.05, 4.69) is 46.9 Å². The number of hydrogen-bond acceptors (Lipinski definition) is 12. The lowest BCUT2D eigenvalue weighted by Gasteiger charge is -2.26. The summed E-state index contributed by atoms with van der Waals surface area (Å²) >= 11 is 0. The minimum absolute atomic E-state index is 0.0551. The second-order valence-corrected chi connectivity index (χ2v) is 14.0. The molecule has 2 heterocycles. The number of hydrogen-bond donors (Lipinski definition) is 13. The predicted molar refractivity (Wildman–Crippen MR) is 209 cm³/mol. The van der Waals surface area contributed by atoms with Gasteiger partial charge in [-0.1, -0.05) is 18.2 Å². The van der Waals surface area contributed by atoms with Crippen LogP contribution in [-0.2, 0) is 60.8 Å². The molecule has 0 fully saturated rings. The molecular weight excluding hydrogens is 808 g/mol. The van der Waals surface area contributed by atoms with E-state index in [9.17, 15) is 63.3 Å². The number of nitrogens with one attached hydrogen (secondary N) is 8. The first kappa shape index (κ1) is 48.0. The molecule has 0 saturated heterocycles. The molecular formula is C37H48N10O14. The smallest absolute Gasteiger partial charge is 0.325 e. The number of nitrogens with zero attached hydrogens (tertiary/aromatic N) is 1. The molecule has 2 aromatic heterocycles. The molecule has 24 nitrogen and oxygen atoms in total. The Labute approximate surface area is 346 Å². The molecule has 0 unspecified atom stereocenters. The van der Waals surface area contributed by atoms with Crippen molar-refractivity contribution in [3.05, 3.63) is 54.2 Å². The average Bonchev–Trinajstić information content (AvgIpc) is 3.86. The largest absolute Gasteiger partial charge is 0.481 e. The number of carboxylic acid groups (broad SMARTS) is 4. The van der Waals surface area contributed by atoms with Crippen LogP contribution in [0.1, 0.15) is 57.2 Å². The number of amides is 6. The first-order valence-electron chi connectivity index (χ1n) is 18.7. The van der Waals surface area contributed by atoms with Crippen molar-refractivity contribution in [3.8, 4) is 0 Å². The summed E-state index contributed by atoms with van der Waals surface area (Å²) in [5.41, 5.74) is 7.58. The van der Waals surface area contributed by atoms with Crippen LogP contribution in [0.5, 0.6) is 0 Å². The lowest BCUT2D eigenvalue weighted by Crippen LogP contribution is -2.60. The van der Waals surface area contributed by atoms with Crippen molar-refractivity contribution in [3.63, 3.8) is 0 Å². The minimum Gasteiger partial charge on any atom is -0.481 e. The SMILES string of the molecule is C[C@H](NC(=O)[C@H](C)NC(=O)[C@H](Cc1c[nH]c2ccccc12)NC(=O)[C@H](CC(=O)O)NC(=O)[C@H](CCC(=O)O)NC(=O)[C@H](CCC(=O)O)NC(=O)[C@@H](N)Cc1cnc[nH]1)C(=O)O. The van der Waals surface area contributed by atoms with Crippen molar-refractivity contribution < 1.29 is 68.4 Å². The zero-order chi connectivity index (χ0) is 45.4. The number of imidazole rings is 1. The van der Waals surface area contributed by atoms with Crippen LogP contribution < -0.4 is 37.6 Å². The maximum Gasteiger partial charge on any atom is 0.325 e.